The second kappa shape index (κ2) is 24.7. The standard InChI is InChI=1S/C26H36O6Si.C26H35O6Si.C10H18O6/c2*1-24(2,3)33(19-13-9-7-10-14-19,20-15-11-8-12-16-20)29-18-26(17-27)22(28-6)21-23(32-26)31-25(4,5)30-21;1-9(2)14-6-7(13-3)10(4-11,5-12)16-8(6)15-9/h7-16,21-23,27H,17-18H2,1-6H3;7-16,21-23,27H,4,17-18H2,1-3,5-6H3;6-8,11-12H,4-5H2,1-3H3/q;+1;/t21-,22+,23+,26+;21-,22+,23+,25?,26-;6-,7+,8+/m111/s1. The molecule has 82 heavy (non-hydrogen) atoms. The van der Waals surface area contributed by atoms with Crippen LogP contribution in [0.15, 0.2) is 121 Å². The van der Waals surface area contributed by atoms with Crippen LogP contribution in [0.3, 0.4) is 0 Å². The predicted octanol–water partition coefficient (Wildman–Crippen LogP) is 4.68. The molecule has 6 heterocycles. The van der Waals surface area contributed by atoms with E-state index in [4.69, 9.17) is 65.7 Å². The maximum Gasteiger partial charge on any atom is 0.314 e. The van der Waals surface area contributed by atoms with Crippen molar-refractivity contribution < 1.29 is 86.1 Å². The molecule has 0 aliphatic carbocycles. The summed E-state index contributed by atoms with van der Waals surface area (Å²) in [6.07, 6.45) is -4.96. The lowest BCUT2D eigenvalue weighted by molar-refractivity contribution is -0.255. The van der Waals surface area contributed by atoms with Gasteiger partial charge in [-0.25, -0.2) is 0 Å². The summed E-state index contributed by atoms with van der Waals surface area (Å²) in [5, 5.41) is 44.0. The number of hydrogen-bond acceptors (Lipinski definition) is 18. The Morgan fingerprint density at radius 2 is 0.671 bits per heavy atom. The number of rotatable bonds is 17. The van der Waals surface area contributed by atoms with E-state index < -0.39 is 106 Å². The molecular weight excluding hydrogens is 1090 g/mol. The molecule has 0 aromatic heterocycles. The van der Waals surface area contributed by atoms with Gasteiger partial charge in [-0.3, -0.25) is 4.74 Å². The maximum absolute atomic E-state index is 10.6. The molecule has 20 heteroatoms. The topological polar surface area (TPSA) is 210 Å². The Balaban J connectivity index is 0.000000171. The minimum absolute atomic E-state index is 0.128. The van der Waals surface area contributed by atoms with Gasteiger partial charge in [0.25, 0.3) is 16.6 Å². The molecule has 6 fully saturated rings. The third-order valence-electron chi connectivity index (χ3n) is 16.4. The van der Waals surface area contributed by atoms with E-state index in [1.54, 1.807) is 35.0 Å². The molecule has 4 aromatic rings. The Bertz CT molecular complexity index is 2420. The van der Waals surface area contributed by atoms with Gasteiger partial charge >= 0.3 is 5.79 Å². The van der Waals surface area contributed by atoms with Gasteiger partial charge in [-0.15, -0.1) is 0 Å². The number of ether oxygens (including phenoxy) is 12. The SMILES string of the molecule is CO[C@H]1[C@H]2OC(C)(C)O[C@H]2OC1(CO)CO.CO[C@H]1[C@H]2OC(C)(C)O[C@H]2O[C@@]1(CO)CO[Si](c1ccccc1)(c1ccccc1)C(C)(C)C.[CH2+]C1(C)O[C@H]2O[C@](CO)(CO[Si](c3ccccc3)(c3ccccc3)C(C)(C)C)[C@@H](OC)[C@H]2O1. The monoisotopic (exact) mass is 1180 g/mol. The van der Waals surface area contributed by atoms with Crippen LogP contribution in [0.4, 0.5) is 0 Å². The summed E-state index contributed by atoms with van der Waals surface area (Å²) in [4.78, 5) is 0. The van der Waals surface area contributed by atoms with Crippen LogP contribution in [0.1, 0.15) is 76.2 Å². The van der Waals surface area contributed by atoms with E-state index >= 15 is 0 Å². The van der Waals surface area contributed by atoms with Crippen molar-refractivity contribution in [3.63, 3.8) is 0 Å². The van der Waals surface area contributed by atoms with Crippen molar-refractivity contribution in [2.75, 3.05) is 61.0 Å². The van der Waals surface area contributed by atoms with E-state index in [2.05, 4.69) is 121 Å². The molecule has 0 bridgehead atoms. The lowest BCUT2D eigenvalue weighted by Gasteiger charge is -2.45. The molecule has 0 spiro atoms. The fraction of sp³-hybridized carbons (Fsp3) is 0.597. The van der Waals surface area contributed by atoms with Gasteiger partial charge in [0, 0.05) is 28.3 Å². The molecule has 0 amide bonds. The highest BCUT2D eigenvalue weighted by atomic mass is 28.4. The van der Waals surface area contributed by atoms with Crippen molar-refractivity contribution in [2.45, 2.75) is 176 Å². The van der Waals surface area contributed by atoms with Crippen LogP contribution in [-0.4, -0.2) is 188 Å². The quantitative estimate of drug-likeness (QED) is 0.0836. The highest BCUT2D eigenvalue weighted by Crippen LogP contribution is 2.48. The third kappa shape index (κ3) is 12.1. The maximum atomic E-state index is 10.6. The molecule has 18 nitrogen and oxygen atoms in total. The van der Waals surface area contributed by atoms with E-state index in [1.807, 2.05) is 62.4 Å². The Labute approximate surface area is 486 Å². The first kappa shape index (κ1) is 64.5. The van der Waals surface area contributed by atoms with Gasteiger partial charge in [0.2, 0.25) is 0 Å². The van der Waals surface area contributed by atoms with Crippen LogP contribution in [0.2, 0.25) is 10.1 Å². The zero-order chi connectivity index (χ0) is 59.8. The van der Waals surface area contributed by atoms with E-state index in [1.165, 1.54) is 7.11 Å². The number of aliphatic hydroxyl groups is 4. The molecular formula is C62H89O18Si2+. The molecule has 452 valence electrons. The minimum Gasteiger partial charge on any atom is -0.404 e. The molecule has 0 saturated carbocycles. The van der Waals surface area contributed by atoms with E-state index in [-0.39, 0.29) is 49.7 Å². The Hall–Kier alpha value is -3.54. The zero-order valence-electron chi connectivity index (χ0n) is 50.2. The van der Waals surface area contributed by atoms with Crippen molar-refractivity contribution in [1.29, 1.82) is 0 Å². The molecule has 10 rings (SSSR count). The van der Waals surface area contributed by atoms with Crippen LogP contribution in [0, 0.1) is 6.92 Å². The highest BCUT2D eigenvalue weighted by Gasteiger charge is 2.67. The average molecular weight is 1180 g/mol. The summed E-state index contributed by atoms with van der Waals surface area (Å²) >= 11 is 0. The van der Waals surface area contributed by atoms with Crippen molar-refractivity contribution in [3.05, 3.63) is 128 Å². The molecule has 1 unspecified atom stereocenters. The van der Waals surface area contributed by atoms with Gasteiger partial charge in [0.15, 0.2) is 30.4 Å². The fourth-order valence-corrected chi connectivity index (χ4v) is 22.0. The van der Waals surface area contributed by atoms with E-state index in [0.717, 1.165) is 20.7 Å². The van der Waals surface area contributed by atoms with Gasteiger partial charge in [-0.05, 0) is 58.5 Å². The Kier molecular flexibility index (Phi) is 19.4. The first-order valence-corrected chi connectivity index (χ1v) is 31.9. The number of hydrogen-bond donors (Lipinski definition) is 4. The molecule has 6 aliphatic heterocycles. The largest absolute Gasteiger partial charge is 0.404 e. The molecule has 6 aliphatic rings. The molecule has 6 saturated heterocycles. The summed E-state index contributed by atoms with van der Waals surface area (Å²) in [6.45, 7) is 25.2. The summed E-state index contributed by atoms with van der Waals surface area (Å²) in [5.74, 6) is -2.53. The lowest BCUT2D eigenvalue weighted by atomic mass is 9.97. The van der Waals surface area contributed by atoms with Gasteiger partial charge in [-0.2, -0.15) is 0 Å². The molecule has 4 N–H and O–H groups in total. The molecule has 12 atom stereocenters. The van der Waals surface area contributed by atoms with Crippen molar-refractivity contribution in [2.24, 2.45) is 0 Å². The van der Waals surface area contributed by atoms with Crippen molar-refractivity contribution >= 4 is 37.4 Å². The lowest BCUT2D eigenvalue weighted by Crippen LogP contribution is -2.68. The smallest absolute Gasteiger partial charge is 0.314 e. The van der Waals surface area contributed by atoms with Gasteiger partial charge in [0.05, 0.1) is 39.6 Å². The van der Waals surface area contributed by atoms with Gasteiger partial charge < -0.3 is 81.4 Å². The summed E-state index contributed by atoms with van der Waals surface area (Å²) in [7, 11) is -0.953. The molecule has 0 radical (unpaired) electrons. The zero-order valence-corrected chi connectivity index (χ0v) is 52.2. The predicted molar refractivity (Wildman–Crippen MR) is 310 cm³/mol. The third-order valence-corrected chi connectivity index (χ3v) is 26.4. The van der Waals surface area contributed by atoms with E-state index in [0.29, 0.717) is 0 Å². The number of aliphatic hydroxyl groups excluding tert-OH is 4. The number of methoxy groups -OCH3 is 3. The van der Waals surface area contributed by atoms with Gasteiger partial charge in [0.1, 0.15) is 60.4 Å². The normalized spacial score (nSPS) is 32.5. The summed E-state index contributed by atoms with van der Waals surface area (Å²) in [6, 6.07) is 41.5. The van der Waals surface area contributed by atoms with Crippen molar-refractivity contribution in [3.8, 4) is 0 Å². The van der Waals surface area contributed by atoms with Crippen LogP contribution < -0.4 is 20.7 Å². The highest BCUT2D eigenvalue weighted by molar-refractivity contribution is 7.00. The van der Waals surface area contributed by atoms with Crippen molar-refractivity contribution in [1.82, 2.24) is 0 Å². The number of fused-ring (bicyclic) bond motifs is 3. The first-order valence-electron chi connectivity index (χ1n) is 28.1. The van der Waals surface area contributed by atoms with Crippen LogP contribution >= 0.6 is 0 Å². The van der Waals surface area contributed by atoms with E-state index in [9.17, 15) is 20.4 Å². The van der Waals surface area contributed by atoms with Crippen LogP contribution in [-0.2, 0) is 65.7 Å². The Morgan fingerprint density at radius 1 is 0.402 bits per heavy atom. The second-order valence-corrected chi connectivity index (χ2v) is 33.8. The minimum atomic E-state index is -2.83. The van der Waals surface area contributed by atoms with Crippen LogP contribution in [0.25, 0.3) is 0 Å². The second-order valence-electron chi connectivity index (χ2n) is 25.2. The average Bonchev–Trinajstić information content (AvgIpc) is 4.35. The Morgan fingerprint density at radius 3 is 0.951 bits per heavy atom. The molecule has 4 aromatic carbocycles. The summed E-state index contributed by atoms with van der Waals surface area (Å²) < 4.78 is 84.1. The first-order chi connectivity index (χ1) is 38.6. The summed E-state index contributed by atoms with van der Waals surface area (Å²) in [5.41, 5.74) is -3.39. The number of benzene rings is 4. The van der Waals surface area contributed by atoms with Crippen LogP contribution in [0.5, 0.6) is 0 Å². The fourth-order valence-electron chi connectivity index (χ4n) is 12.8. The van der Waals surface area contributed by atoms with Gasteiger partial charge in [-0.1, -0.05) is 163 Å².